The SMILES string of the molecule is CC(=O)OC[C@@H]1OC(O)[C@H](OC(C)=O)[C@@H](OC(C)=O)[C@H]1OC(C)=O. The minimum atomic E-state index is -1.68. The quantitative estimate of drug-likeness (QED) is 0.490. The first kappa shape index (κ1) is 19.8. The van der Waals surface area contributed by atoms with E-state index in [9.17, 15) is 24.3 Å². The molecule has 0 amide bonds. The van der Waals surface area contributed by atoms with E-state index in [2.05, 4.69) is 0 Å². The molecule has 24 heavy (non-hydrogen) atoms. The zero-order chi connectivity index (χ0) is 18.4. The van der Waals surface area contributed by atoms with Crippen molar-refractivity contribution >= 4 is 23.9 Å². The van der Waals surface area contributed by atoms with Crippen molar-refractivity contribution < 1.29 is 48.0 Å². The summed E-state index contributed by atoms with van der Waals surface area (Å²) in [6, 6.07) is 0. The lowest BCUT2D eigenvalue weighted by atomic mass is 9.98. The van der Waals surface area contributed by atoms with Crippen LogP contribution < -0.4 is 0 Å². The third-order valence-corrected chi connectivity index (χ3v) is 2.97. The Morgan fingerprint density at radius 2 is 1.25 bits per heavy atom. The molecule has 0 aromatic heterocycles. The average molecular weight is 348 g/mol. The van der Waals surface area contributed by atoms with Gasteiger partial charge in [-0.25, -0.2) is 0 Å². The topological polar surface area (TPSA) is 135 Å². The molecular weight excluding hydrogens is 328 g/mol. The van der Waals surface area contributed by atoms with Crippen LogP contribution in [0.15, 0.2) is 0 Å². The lowest BCUT2D eigenvalue weighted by molar-refractivity contribution is -0.296. The van der Waals surface area contributed by atoms with Gasteiger partial charge in [0, 0.05) is 27.7 Å². The Morgan fingerprint density at radius 3 is 1.71 bits per heavy atom. The third-order valence-electron chi connectivity index (χ3n) is 2.97. The summed E-state index contributed by atoms with van der Waals surface area (Å²) >= 11 is 0. The summed E-state index contributed by atoms with van der Waals surface area (Å²) in [5.74, 6) is -2.87. The van der Waals surface area contributed by atoms with Crippen LogP contribution in [0.2, 0.25) is 0 Å². The van der Waals surface area contributed by atoms with Crippen LogP contribution in [0, 0.1) is 0 Å². The zero-order valence-electron chi connectivity index (χ0n) is 13.7. The van der Waals surface area contributed by atoms with Crippen molar-refractivity contribution in [2.24, 2.45) is 0 Å². The Bertz CT molecular complexity index is 502. The Balaban J connectivity index is 3.11. The summed E-state index contributed by atoms with van der Waals surface area (Å²) in [4.78, 5) is 44.9. The molecule has 0 saturated carbocycles. The maximum absolute atomic E-state index is 11.3. The Hall–Kier alpha value is -2.20. The Labute approximate surface area is 137 Å². The van der Waals surface area contributed by atoms with E-state index in [0.717, 1.165) is 27.7 Å². The minimum absolute atomic E-state index is 0.366. The van der Waals surface area contributed by atoms with Gasteiger partial charge in [-0.05, 0) is 0 Å². The number of ether oxygens (including phenoxy) is 5. The highest BCUT2D eigenvalue weighted by atomic mass is 16.7. The summed E-state index contributed by atoms with van der Waals surface area (Å²) in [5, 5.41) is 10.0. The fourth-order valence-corrected chi connectivity index (χ4v) is 2.21. The van der Waals surface area contributed by atoms with Crippen LogP contribution >= 0.6 is 0 Å². The van der Waals surface area contributed by atoms with Crippen LogP contribution in [-0.2, 0) is 42.9 Å². The summed E-state index contributed by atoms with van der Waals surface area (Å²) in [6.07, 6.45) is -6.79. The molecule has 0 bridgehead atoms. The highest BCUT2D eigenvalue weighted by Crippen LogP contribution is 2.28. The molecule has 0 aromatic rings. The Morgan fingerprint density at radius 1 is 0.792 bits per heavy atom. The molecule has 1 fully saturated rings. The molecule has 0 radical (unpaired) electrons. The molecule has 0 spiro atoms. The molecule has 1 N–H and O–H groups in total. The molecule has 1 aliphatic rings. The van der Waals surface area contributed by atoms with Crippen LogP contribution in [0.3, 0.4) is 0 Å². The fraction of sp³-hybridized carbons (Fsp3) is 0.714. The van der Waals surface area contributed by atoms with Crippen molar-refractivity contribution in [3.8, 4) is 0 Å². The van der Waals surface area contributed by atoms with Gasteiger partial charge in [0.1, 0.15) is 12.7 Å². The van der Waals surface area contributed by atoms with Gasteiger partial charge >= 0.3 is 23.9 Å². The molecule has 1 heterocycles. The molecule has 136 valence electrons. The number of carbonyl (C=O) groups is 4. The van der Waals surface area contributed by atoms with E-state index in [-0.39, 0.29) is 6.61 Å². The maximum Gasteiger partial charge on any atom is 0.303 e. The van der Waals surface area contributed by atoms with Crippen LogP contribution in [0.5, 0.6) is 0 Å². The van der Waals surface area contributed by atoms with Crippen molar-refractivity contribution in [1.29, 1.82) is 0 Å². The maximum atomic E-state index is 11.3. The predicted molar refractivity (Wildman–Crippen MR) is 74.2 cm³/mol. The van der Waals surface area contributed by atoms with E-state index in [1.165, 1.54) is 0 Å². The number of aliphatic hydroxyl groups excluding tert-OH is 1. The van der Waals surface area contributed by atoms with E-state index >= 15 is 0 Å². The number of aliphatic hydroxyl groups is 1. The van der Waals surface area contributed by atoms with E-state index in [1.54, 1.807) is 0 Å². The van der Waals surface area contributed by atoms with Gasteiger partial charge in [0.2, 0.25) is 0 Å². The van der Waals surface area contributed by atoms with Crippen molar-refractivity contribution in [3.05, 3.63) is 0 Å². The van der Waals surface area contributed by atoms with Gasteiger partial charge < -0.3 is 28.8 Å². The molecule has 10 heteroatoms. The summed E-state index contributed by atoms with van der Waals surface area (Å²) in [6.45, 7) is 4.09. The fourth-order valence-electron chi connectivity index (χ4n) is 2.21. The summed E-state index contributed by atoms with van der Waals surface area (Å²) < 4.78 is 25.0. The van der Waals surface area contributed by atoms with Gasteiger partial charge in [-0.15, -0.1) is 0 Å². The molecule has 5 atom stereocenters. The van der Waals surface area contributed by atoms with Gasteiger partial charge in [0.05, 0.1) is 0 Å². The monoisotopic (exact) mass is 348 g/mol. The van der Waals surface area contributed by atoms with Crippen molar-refractivity contribution in [3.63, 3.8) is 0 Å². The van der Waals surface area contributed by atoms with Gasteiger partial charge in [-0.3, -0.25) is 19.2 Å². The smallest absolute Gasteiger partial charge is 0.303 e. The van der Waals surface area contributed by atoms with Gasteiger partial charge in [0.15, 0.2) is 24.6 Å². The molecule has 0 aromatic carbocycles. The second-order valence-electron chi connectivity index (χ2n) is 5.09. The Kier molecular flexibility index (Phi) is 7.11. The first-order valence-corrected chi connectivity index (χ1v) is 7.10. The average Bonchev–Trinajstić information content (AvgIpc) is 2.42. The van der Waals surface area contributed by atoms with Gasteiger partial charge in [0.25, 0.3) is 0 Å². The summed E-state index contributed by atoms with van der Waals surface area (Å²) in [7, 11) is 0. The van der Waals surface area contributed by atoms with Crippen molar-refractivity contribution in [2.45, 2.75) is 58.4 Å². The van der Waals surface area contributed by atoms with Gasteiger partial charge in [-0.2, -0.15) is 0 Å². The molecule has 1 saturated heterocycles. The lowest BCUT2D eigenvalue weighted by Crippen LogP contribution is -2.62. The molecule has 1 rings (SSSR count). The normalized spacial score (nSPS) is 29.3. The summed E-state index contributed by atoms with van der Waals surface area (Å²) in [5.41, 5.74) is 0. The largest absolute Gasteiger partial charge is 0.463 e. The van der Waals surface area contributed by atoms with E-state index in [0.29, 0.717) is 0 Å². The van der Waals surface area contributed by atoms with E-state index in [4.69, 9.17) is 23.7 Å². The van der Waals surface area contributed by atoms with Gasteiger partial charge in [-0.1, -0.05) is 0 Å². The second-order valence-corrected chi connectivity index (χ2v) is 5.09. The number of carbonyl (C=O) groups excluding carboxylic acids is 4. The predicted octanol–water partition coefficient (Wildman–Crippen LogP) is -0.938. The van der Waals surface area contributed by atoms with Crippen LogP contribution in [0.25, 0.3) is 0 Å². The molecule has 1 aliphatic heterocycles. The van der Waals surface area contributed by atoms with E-state index < -0.39 is 54.6 Å². The highest BCUT2D eigenvalue weighted by Gasteiger charge is 2.51. The zero-order valence-corrected chi connectivity index (χ0v) is 13.7. The van der Waals surface area contributed by atoms with Crippen LogP contribution in [0.4, 0.5) is 0 Å². The second kappa shape index (κ2) is 8.60. The van der Waals surface area contributed by atoms with Crippen LogP contribution in [-0.4, -0.2) is 66.3 Å². The number of rotatable bonds is 5. The first-order valence-electron chi connectivity index (χ1n) is 7.10. The highest BCUT2D eigenvalue weighted by molar-refractivity contribution is 5.68. The number of hydrogen-bond acceptors (Lipinski definition) is 10. The molecule has 10 nitrogen and oxygen atoms in total. The van der Waals surface area contributed by atoms with Crippen molar-refractivity contribution in [1.82, 2.24) is 0 Å². The number of hydrogen-bond donors (Lipinski definition) is 1. The standard InChI is InChI=1S/C14H20O10/c1-6(15)20-5-10-11(21-7(2)16)12(22-8(3)17)13(14(19)24-10)23-9(4)18/h10-14,19H,5H2,1-4H3/t10-,11-,12-,13+,14?/m0/s1. The third kappa shape index (κ3) is 5.78. The molecular formula is C14H20O10. The van der Waals surface area contributed by atoms with E-state index in [1.807, 2.05) is 0 Å². The molecule has 1 unspecified atom stereocenters. The number of esters is 4. The van der Waals surface area contributed by atoms with Crippen LogP contribution in [0.1, 0.15) is 27.7 Å². The lowest BCUT2D eigenvalue weighted by Gasteiger charge is -2.42. The van der Waals surface area contributed by atoms with Crippen molar-refractivity contribution in [2.75, 3.05) is 6.61 Å². The first-order chi connectivity index (χ1) is 11.1. The molecule has 0 aliphatic carbocycles. The minimum Gasteiger partial charge on any atom is -0.463 e.